The molecule has 2 heterocycles. The van der Waals surface area contributed by atoms with Gasteiger partial charge in [0, 0.05) is 24.6 Å². The van der Waals surface area contributed by atoms with Crippen molar-refractivity contribution in [1.82, 2.24) is 10.2 Å². The van der Waals surface area contributed by atoms with E-state index in [9.17, 15) is 9.18 Å². The average molecular weight is 262 g/mol. The standard InChI is InChI=1S/C12H11FN4O2/c13-8-3-1-7(2-4-8)11-15-16-12(19-11)17-6-9(14)5-10(17)18/h1-4,9H,5-6,14H2. The first-order chi connectivity index (χ1) is 9.13. The van der Waals surface area contributed by atoms with E-state index in [1.165, 1.54) is 29.2 Å². The molecule has 1 atom stereocenters. The summed E-state index contributed by atoms with van der Waals surface area (Å²) >= 11 is 0. The molecule has 1 fully saturated rings. The molecule has 0 saturated carbocycles. The molecule has 3 rings (SSSR count). The lowest BCUT2D eigenvalue weighted by Crippen LogP contribution is -2.28. The average Bonchev–Trinajstić information content (AvgIpc) is 2.97. The van der Waals surface area contributed by atoms with E-state index in [0.29, 0.717) is 12.1 Å². The zero-order valence-electron chi connectivity index (χ0n) is 9.91. The number of halogens is 1. The zero-order chi connectivity index (χ0) is 13.4. The summed E-state index contributed by atoms with van der Waals surface area (Å²) in [5.74, 6) is -0.241. The molecule has 1 aromatic carbocycles. The second kappa shape index (κ2) is 4.43. The largest absolute Gasteiger partial charge is 0.403 e. The third kappa shape index (κ3) is 2.19. The van der Waals surface area contributed by atoms with Crippen LogP contribution in [0.3, 0.4) is 0 Å². The molecule has 19 heavy (non-hydrogen) atoms. The van der Waals surface area contributed by atoms with Crippen LogP contribution < -0.4 is 10.6 Å². The highest BCUT2D eigenvalue weighted by Crippen LogP contribution is 2.24. The van der Waals surface area contributed by atoms with E-state index in [0.717, 1.165) is 0 Å². The Balaban J connectivity index is 1.87. The molecule has 6 nitrogen and oxygen atoms in total. The molecule has 0 spiro atoms. The number of amides is 1. The first-order valence-corrected chi connectivity index (χ1v) is 5.79. The number of hydrogen-bond acceptors (Lipinski definition) is 5. The number of benzene rings is 1. The Kier molecular flexibility index (Phi) is 2.75. The lowest BCUT2D eigenvalue weighted by atomic mass is 10.2. The normalized spacial score (nSPS) is 19.2. The number of carbonyl (C=O) groups excluding carboxylic acids is 1. The molecule has 7 heteroatoms. The first-order valence-electron chi connectivity index (χ1n) is 5.79. The second-order valence-corrected chi connectivity index (χ2v) is 4.37. The predicted molar refractivity (Wildman–Crippen MR) is 64.6 cm³/mol. The van der Waals surface area contributed by atoms with Gasteiger partial charge >= 0.3 is 6.01 Å². The predicted octanol–water partition coefficient (Wildman–Crippen LogP) is 0.940. The van der Waals surface area contributed by atoms with Crippen LogP contribution in [-0.4, -0.2) is 28.7 Å². The lowest BCUT2D eigenvalue weighted by Gasteiger charge is -2.08. The third-order valence-electron chi connectivity index (χ3n) is 2.89. The van der Waals surface area contributed by atoms with Gasteiger partial charge in [-0.2, -0.15) is 0 Å². The van der Waals surface area contributed by atoms with Gasteiger partial charge in [-0.15, -0.1) is 5.10 Å². The number of aromatic nitrogens is 2. The van der Waals surface area contributed by atoms with Crippen molar-refractivity contribution in [2.24, 2.45) is 5.73 Å². The van der Waals surface area contributed by atoms with Gasteiger partial charge in [0.2, 0.25) is 11.8 Å². The number of nitrogens with two attached hydrogens (primary N) is 1. The van der Waals surface area contributed by atoms with Crippen molar-refractivity contribution < 1.29 is 13.6 Å². The van der Waals surface area contributed by atoms with Gasteiger partial charge in [-0.25, -0.2) is 4.39 Å². The second-order valence-electron chi connectivity index (χ2n) is 4.37. The topological polar surface area (TPSA) is 85.3 Å². The van der Waals surface area contributed by atoms with Crippen LogP contribution >= 0.6 is 0 Å². The van der Waals surface area contributed by atoms with Crippen molar-refractivity contribution in [3.63, 3.8) is 0 Å². The zero-order valence-corrected chi connectivity index (χ0v) is 9.91. The number of carbonyl (C=O) groups is 1. The smallest absolute Gasteiger partial charge is 0.325 e. The van der Waals surface area contributed by atoms with Crippen molar-refractivity contribution in [2.75, 3.05) is 11.4 Å². The van der Waals surface area contributed by atoms with Gasteiger partial charge in [-0.3, -0.25) is 9.69 Å². The van der Waals surface area contributed by atoms with E-state index >= 15 is 0 Å². The van der Waals surface area contributed by atoms with E-state index in [1.807, 2.05) is 0 Å². The molecule has 1 saturated heterocycles. The Morgan fingerprint density at radius 3 is 2.68 bits per heavy atom. The summed E-state index contributed by atoms with van der Waals surface area (Å²) in [6, 6.07) is 5.58. The summed E-state index contributed by atoms with van der Waals surface area (Å²) in [4.78, 5) is 13.0. The fourth-order valence-electron chi connectivity index (χ4n) is 1.95. The highest BCUT2D eigenvalue weighted by molar-refractivity contribution is 5.94. The minimum Gasteiger partial charge on any atom is -0.403 e. The first kappa shape index (κ1) is 11.8. The van der Waals surface area contributed by atoms with Crippen molar-refractivity contribution in [3.8, 4) is 11.5 Å². The molecule has 0 bridgehead atoms. The van der Waals surface area contributed by atoms with E-state index < -0.39 is 0 Å². The molecule has 98 valence electrons. The molecule has 0 radical (unpaired) electrons. The van der Waals surface area contributed by atoms with Gasteiger partial charge in [-0.1, -0.05) is 5.10 Å². The van der Waals surface area contributed by atoms with Crippen LogP contribution in [0.5, 0.6) is 0 Å². The molecule has 1 amide bonds. The monoisotopic (exact) mass is 262 g/mol. The molecular formula is C12H11FN4O2. The van der Waals surface area contributed by atoms with Gasteiger partial charge in [0.05, 0.1) is 0 Å². The Morgan fingerprint density at radius 2 is 2.05 bits per heavy atom. The van der Waals surface area contributed by atoms with Crippen LogP contribution in [0.15, 0.2) is 28.7 Å². The summed E-state index contributed by atoms with van der Waals surface area (Å²) in [6.07, 6.45) is 0.272. The summed E-state index contributed by atoms with van der Waals surface area (Å²) in [5, 5.41) is 7.67. The Hall–Kier alpha value is -2.28. The number of anilines is 1. The molecule has 1 unspecified atom stereocenters. The SMILES string of the molecule is NC1CC(=O)N(c2nnc(-c3ccc(F)cc3)o2)C1. The summed E-state index contributed by atoms with van der Waals surface area (Å²) in [6.45, 7) is 0.365. The van der Waals surface area contributed by atoms with Gasteiger partial charge < -0.3 is 10.2 Å². The van der Waals surface area contributed by atoms with E-state index in [-0.39, 0.29) is 36.1 Å². The third-order valence-corrected chi connectivity index (χ3v) is 2.89. The van der Waals surface area contributed by atoms with Crippen LogP contribution in [-0.2, 0) is 4.79 Å². The van der Waals surface area contributed by atoms with E-state index in [2.05, 4.69) is 10.2 Å². The molecule has 2 N–H and O–H groups in total. The van der Waals surface area contributed by atoms with Crippen molar-refractivity contribution >= 4 is 11.9 Å². The molecule has 1 aliphatic rings. The number of hydrogen-bond donors (Lipinski definition) is 1. The summed E-state index contributed by atoms with van der Waals surface area (Å²) in [5.41, 5.74) is 6.29. The highest BCUT2D eigenvalue weighted by atomic mass is 19.1. The van der Waals surface area contributed by atoms with Crippen LogP contribution in [0.25, 0.3) is 11.5 Å². The van der Waals surface area contributed by atoms with Gasteiger partial charge in [0.25, 0.3) is 0 Å². The highest BCUT2D eigenvalue weighted by Gasteiger charge is 2.31. The van der Waals surface area contributed by atoms with Crippen LogP contribution in [0.4, 0.5) is 10.4 Å². The van der Waals surface area contributed by atoms with Gasteiger partial charge in [-0.05, 0) is 24.3 Å². The minimum absolute atomic E-state index is 0.122. The maximum Gasteiger partial charge on any atom is 0.325 e. The number of nitrogens with zero attached hydrogens (tertiary/aromatic N) is 3. The number of rotatable bonds is 2. The minimum atomic E-state index is -0.343. The molecule has 2 aromatic rings. The van der Waals surface area contributed by atoms with Crippen LogP contribution in [0.2, 0.25) is 0 Å². The fourth-order valence-corrected chi connectivity index (χ4v) is 1.95. The Labute approximate surface area is 108 Å². The van der Waals surface area contributed by atoms with Crippen LogP contribution in [0.1, 0.15) is 6.42 Å². The molecular weight excluding hydrogens is 251 g/mol. The lowest BCUT2D eigenvalue weighted by molar-refractivity contribution is -0.117. The molecule has 1 aromatic heterocycles. The Bertz CT molecular complexity index is 610. The van der Waals surface area contributed by atoms with Crippen molar-refractivity contribution in [1.29, 1.82) is 0 Å². The fraction of sp³-hybridized carbons (Fsp3) is 0.250. The van der Waals surface area contributed by atoms with Crippen molar-refractivity contribution in [2.45, 2.75) is 12.5 Å². The van der Waals surface area contributed by atoms with E-state index in [1.54, 1.807) is 0 Å². The Morgan fingerprint density at radius 1 is 1.32 bits per heavy atom. The van der Waals surface area contributed by atoms with Crippen molar-refractivity contribution in [3.05, 3.63) is 30.1 Å². The molecule has 0 aliphatic carbocycles. The maximum absolute atomic E-state index is 12.8. The van der Waals surface area contributed by atoms with Crippen LogP contribution in [0, 0.1) is 5.82 Å². The van der Waals surface area contributed by atoms with Gasteiger partial charge in [0.15, 0.2) is 0 Å². The quantitative estimate of drug-likeness (QED) is 0.870. The molecule has 1 aliphatic heterocycles. The summed E-state index contributed by atoms with van der Waals surface area (Å²) in [7, 11) is 0. The van der Waals surface area contributed by atoms with E-state index in [4.69, 9.17) is 10.2 Å². The summed E-state index contributed by atoms with van der Waals surface area (Å²) < 4.78 is 18.2. The maximum atomic E-state index is 12.8. The van der Waals surface area contributed by atoms with Gasteiger partial charge in [0.1, 0.15) is 5.82 Å².